The SMILES string of the molecule is Nc1cc(=O)[nH]c(Sc2ccnc3cc(Br)cnc23)n1. The monoisotopic (exact) mass is 349 g/mol. The van der Waals surface area contributed by atoms with Crippen LogP contribution < -0.4 is 11.3 Å². The zero-order chi connectivity index (χ0) is 14.1. The van der Waals surface area contributed by atoms with Crippen LogP contribution in [0, 0.1) is 0 Å². The fourth-order valence-corrected chi connectivity index (χ4v) is 2.88. The molecular weight excluding hydrogens is 342 g/mol. The van der Waals surface area contributed by atoms with E-state index in [1.165, 1.54) is 17.8 Å². The number of halogens is 1. The van der Waals surface area contributed by atoms with Gasteiger partial charge in [0, 0.05) is 27.8 Å². The fraction of sp³-hybridized carbons (Fsp3) is 0. The molecule has 0 aliphatic carbocycles. The molecule has 3 aromatic heterocycles. The highest BCUT2D eigenvalue weighted by Crippen LogP contribution is 2.30. The van der Waals surface area contributed by atoms with Crippen LogP contribution in [0.4, 0.5) is 5.82 Å². The third-order valence-corrected chi connectivity index (χ3v) is 3.82. The second kappa shape index (κ2) is 5.22. The van der Waals surface area contributed by atoms with E-state index < -0.39 is 0 Å². The molecule has 3 N–H and O–H groups in total. The molecule has 100 valence electrons. The van der Waals surface area contributed by atoms with Gasteiger partial charge in [0.05, 0.1) is 5.52 Å². The van der Waals surface area contributed by atoms with E-state index >= 15 is 0 Å². The molecule has 0 amide bonds. The molecule has 0 unspecified atom stereocenters. The van der Waals surface area contributed by atoms with Crippen molar-refractivity contribution in [2.45, 2.75) is 10.1 Å². The molecule has 20 heavy (non-hydrogen) atoms. The number of aromatic nitrogens is 4. The Labute approximate surface area is 126 Å². The first kappa shape index (κ1) is 13.1. The molecule has 0 saturated carbocycles. The highest BCUT2D eigenvalue weighted by atomic mass is 79.9. The molecule has 3 heterocycles. The van der Waals surface area contributed by atoms with Gasteiger partial charge in [-0.1, -0.05) is 0 Å². The Morgan fingerprint density at radius 3 is 2.95 bits per heavy atom. The number of rotatable bonds is 2. The number of hydrogen-bond acceptors (Lipinski definition) is 6. The second-order valence-corrected chi connectivity index (χ2v) is 5.85. The van der Waals surface area contributed by atoms with Crippen molar-refractivity contribution in [3.8, 4) is 0 Å². The van der Waals surface area contributed by atoms with E-state index in [2.05, 4.69) is 35.9 Å². The summed E-state index contributed by atoms with van der Waals surface area (Å²) in [6.45, 7) is 0. The van der Waals surface area contributed by atoms with Crippen molar-refractivity contribution in [2.75, 3.05) is 5.73 Å². The van der Waals surface area contributed by atoms with Gasteiger partial charge in [0.2, 0.25) is 0 Å². The number of aromatic amines is 1. The van der Waals surface area contributed by atoms with Crippen molar-refractivity contribution in [3.63, 3.8) is 0 Å². The number of nitrogen functional groups attached to an aromatic ring is 1. The summed E-state index contributed by atoms with van der Waals surface area (Å²) in [5, 5.41) is 0.423. The molecule has 0 atom stereocenters. The lowest BCUT2D eigenvalue weighted by Gasteiger charge is -2.04. The van der Waals surface area contributed by atoms with Gasteiger partial charge in [-0.3, -0.25) is 14.8 Å². The Kier molecular flexibility index (Phi) is 3.41. The maximum Gasteiger partial charge on any atom is 0.253 e. The van der Waals surface area contributed by atoms with E-state index in [0.29, 0.717) is 5.16 Å². The summed E-state index contributed by atoms with van der Waals surface area (Å²) in [6.07, 6.45) is 3.38. The summed E-state index contributed by atoms with van der Waals surface area (Å²) in [6, 6.07) is 4.93. The fourth-order valence-electron chi connectivity index (χ4n) is 1.67. The van der Waals surface area contributed by atoms with Gasteiger partial charge in [-0.15, -0.1) is 0 Å². The third-order valence-electron chi connectivity index (χ3n) is 2.45. The summed E-state index contributed by atoms with van der Waals surface area (Å²) < 4.78 is 0.857. The summed E-state index contributed by atoms with van der Waals surface area (Å²) >= 11 is 4.64. The summed E-state index contributed by atoms with van der Waals surface area (Å²) in [5.74, 6) is 0.185. The van der Waals surface area contributed by atoms with Crippen LogP contribution in [0.25, 0.3) is 11.0 Å². The van der Waals surface area contributed by atoms with E-state index in [1.54, 1.807) is 12.4 Å². The average Bonchev–Trinajstić information content (AvgIpc) is 2.37. The first-order chi connectivity index (χ1) is 9.61. The van der Waals surface area contributed by atoms with E-state index in [-0.39, 0.29) is 11.4 Å². The quantitative estimate of drug-likeness (QED) is 0.688. The molecule has 8 heteroatoms. The first-order valence-corrected chi connectivity index (χ1v) is 7.18. The number of hydrogen-bond donors (Lipinski definition) is 2. The molecule has 3 aromatic rings. The van der Waals surface area contributed by atoms with E-state index in [9.17, 15) is 4.79 Å². The van der Waals surface area contributed by atoms with Crippen molar-refractivity contribution < 1.29 is 0 Å². The highest BCUT2D eigenvalue weighted by molar-refractivity contribution is 9.10. The lowest BCUT2D eigenvalue weighted by molar-refractivity contribution is 0.945. The molecule has 3 rings (SSSR count). The van der Waals surface area contributed by atoms with Gasteiger partial charge in [-0.05, 0) is 39.8 Å². The molecule has 0 radical (unpaired) electrons. The molecule has 0 aliphatic rings. The number of anilines is 1. The van der Waals surface area contributed by atoms with Crippen molar-refractivity contribution in [1.29, 1.82) is 0 Å². The minimum absolute atomic E-state index is 0.185. The van der Waals surface area contributed by atoms with Gasteiger partial charge in [0.25, 0.3) is 5.56 Å². The first-order valence-electron chi connectivity index (χ1n) is 5.57. The number of pyridine rings is 2. The normalized spacial score (nSPS) is 10.8. The summed E-state index contributed by atoms with van der Waals surface area (Å²) in [7, 11) is 0. The Hall–Kier alpha value is -1.93. The maximum atomic E-state index is 11.4. The lowest BCUT2D eigenvalue weighted by Crippen LogP contribution is -2.09. The topological polar surface area (TPSA) is 97.6 Å². The number of fused-ring (bicyclic) bond motifs is 1. The molecule has 0 aliphatic heterocycles. The minimum atomic E-state index is -0.283. The summed E-state index contributed by atoms with van der Waals surface area (Å²) in [5.41, 5.74) is 6.78. The molecular formula is C12H8BrN5OS. The Morgan fingerprint density at radius 1 is 1.30 bits per heavy atom. The molecule has 0 aromatic carbocycles. The van der Waals surface area contributed by atoms with Gasteiger partial charge in [-0.2, -0.15) is 0 Å². The third kappa shape index (κ3) is 2.66. The van der Waals surface area contributed by atoms with Gasteiger partial charge >= 0.3 is 0 Å². The van der Waals surface area contributed by atoms with Crippen molar-refractivity contribution in [3.05, 3.63) is 45.4 Å². The summed E-state index contributed by atoms with van der Waals surface area (Å²) in [4.78, 5) is 27.5. The van der Waals surface area contributed by atoms with Crippen LogP contribution in [-0.4, -0.2) is 19.9 Å². The van der Waals surface area contributed by atoms with Crippen molar-refractivity contribution in [2.24, 2.45) is 0 Å². The average molecular weight is 350 g/mol. The van der Waals surface area contributed by atoms with Crippen LogP contribution in [-0.2, 0) is 0 Å². The van der Waals surface area contributed by atoms with Crippen LogP contribution in [0.15, 0.2) is 49.9 Å². The van der Waals surface area contributed by atoms with E-state index in [4.69, 9.17) is 5.73 Å². The molecule has 0 spiro atoms. The zero-order valence-electron chi connectivity index (χ0n) is 10.0. The van der Waals surface area contributed by atoms with Crippen LogP contribution >= 0.6 is 27.7 Å². The number of H-pyrrole nitrogens is 1. The standard InChI is InChI=1S/C12H8BrN5OS/c13-6-3-7-11(16-5-6)8(1-2-15-7)20-12-17-9(14)4-10(19)18-12/h1-5H,(H3,14,17,18,19). The Bertz CT molecular complexity index is 851. The van der Waals surface area contributed by atoms with Crippen LogP contribution in [0.5, 0.6) is 0 Å². The smallest absolute Gasteiger partial charge is 0.253 e. The number of nitrogens with one attached hydrogen (secondary N) is 1. The van der Waals surface area contributed by atoms with Gasteiger partial charge < -0.3 is 10.7 Å². The second-order valence-electron chi connectivity index (χ2n) is 3.91. The highest BCUT2D eigenvalue weighted by Gasteiger charge is 2.08. The molecule has 0 saturated heterocycles. The maximum absolute atomic E-state index is 11.4. The number of nitrogens with zero attached hydrogens (tertiary/aromatic N) is 3. The lowest BCUT2D eigenvalue weighted by atomic mass is 10.3. The van der Waals surface area contributed by atoms with E-state index in [1.807, 2.05) is 12.1 Å². The molecule has 0 fully saturated rings. The van der Waals surface area contributed by atoms with Crippen molar-refractivity contribution >= 4 is 44.5 Å². The minimum Gasteiger partial charge on any atom is -0.383 e. The Balaban J connectivity index is 2.08. The predicted molar refractivity (Wildman–Crippen MR) is 80.6 cm³/mol. The van der Waals surface area contributed by atoms with Crippen LogP contribution in [0.3, 0.4) is 0 Å². The molecule has 6 nitrogen and oxygen atoms in total. The zero-order valence-corrected chi connectivity index (χ0v) is 12.4. The van der Waals surface area contributed by atoms with E-state index in [0.717, 1.165) is 20.4 Å². The van der Waals surface area contributed by atoms with Crippen LogP contribution in [0.2, 0.25) is 0 Å². The van der Waals surface area contributed by atoms with Gasteiger partial charge in [0.1, 0.15) is 11.3 Å². The van der Waals surface area contributed by atoms with Crippen LogP contribution in [0.1, 0.15) is 0 Å². The largest absolute Gasteiger partial charge is 0.383 e. The van der Waals surface area contributed by atoms with Gasteiger partial charge in [0.15, 0.2) is 5.16 Å². The predicted octanol–water partition coefficient (Wildman–Crippen LogP) is 2.21. The number of nitrogens with two attached hydrogens (primary N) is 1. The van der Waals surface area contributed by atoms with Gasteiger partial charge in [-0.25, -0.2) is 4.98 Å². The molecule has 0 bridgehead atoms. The van der Waals surface area contributed by atoms with Crippen molar-refractivity contribution in [1.82, 2.24) is 19.9 Å². The Morgan fingerprint density at radius 2 is 2.15 bits per heavy atom.